The molecule has 2 rings (SSSR count). The van der Waals surface area contributed by atoms with Crippen LogP contribution in [-0.4, -0.2) is 18.2 Å². The molecule has 1 aromatic carbocycles. The van der Waals surface area contributed by atoms with Gasteiger partial charge in [-0.15, -0.1) is 0 Å². The van der Waals surface area contributed by atoms with E-state index in [0.29, 0.717) is 5.56 Å². The van der Waals surface area contributed by atoms with Crippen LogP contribution in [0.4, 0.5) is 4.39 Å². The van der Waals surface area contributed by atoms with E-state index < -0.39 is 5.97 Å². The van der Waals surface area contributed by atoms with Gasteiger partial charge in [0.2, 0.25) is 5.76 Å². The molecule has 94 valence electrons. The summed E-state index contributed by atoms with van der Waals surface area (Å²) in [5.74, 6) is -0.989. The minimum absolute atomic E-state index is 0.000179. The van der Waals surface area contributed by atoms with Gasteiger partial charge in [0.15, 0.2) is 0 Å². The quantitative estimate of drug-likeness (QED) is 0.779. The average Bonchev–Trinajstić information content (AvgIpc) is 2.86. The molecule has 1 aromatic heterocycles. The van der Waals surface area contributed by atoms with Crippen LogP contribution in [0.5, 0.6) is 5.88 Å². The average molecular weight is 251 g/mol. The van der Waals surface area contributed by atoms with Crippen LogP contribution >= 0.6 is 0 Å². The van der Waals surface area contributed by atoms with E-state index in [1.54, 1.807) is 18.2 Å². The summed E-state index contributed by atoms with van der Waals surface area (Å²) in [6, 6.07) is 7.50. The van der Waals surface area contributed by atoms with Crippen molar-refractivity contribution in [2.24, 2.45) is 0 Å². The van der Waals surface area contributed by atoms with Crippen molar-refractivity contribution in [2.75, 3.05) is 7.11 Å². The Kier molecular flexibility index (Phi) is 3.57. The summed E-state index contributed by atoms with van der Waals surface area (Å²) in [7, 11) is 1.23. The Balaban J connectivity index is 2.01. The molecule has 0 unspecified atom stereocenters. The number of carbonyl (C=O) groups excluding carboxylic acids is 1. The lowest BCUT2D eigenvalue weighted by molar-refractivity contribution is 0.0554. The number of benzene rings is 1. The molecule has 0 radical (unpaired) electrons. The van der Waals surface area contributed by atoms with E-state index in [-0.39, 0.29) is 24.1 Å². The van der Waals surface area contributed by atoms with Crippen LogP contribution in [0.15, 0.2) is 34.9 Å². The molecule has 0 bridgehead atoms. The van der Waals surface area contributed by atoms with Gasteiger partial charge >= 0.3 is 5.97 Å². The fourth-order valence-electron chi connectivity index (χ4n) is 1.29. The van der Waals surface area contributed by atoms with Crippen molar-refractivity contribution in [3.63, 3.8) is 0 Å². The third-order valence-corrected chi connectivity index (χ3v) is 2.21. The largest absolute Gasteiger partial charge is 0.471 e. The lowest BCUT2D eigenvalue weighted by atomic mass is 10.2. The van der Waals surface area contributed by atoms with Gasteiger partial charge in [-0.3, -0.25) is 0 Å². The molecule has 0 aliphatic rings. The Hall–Kier alpha value is -2.37. The van der Waals surface area contributed by atoms with Gasteiger partial charge in [0.1, 0.15) is 12.4 Å². The summed E-state index contributed by atoms with van der Waals surface area (Å²) in [5, 5.41) is 3.51. The molecule has 5 nitrogen and oxygen atoms in total. The zero-order valence-electron chi connectivity index (χ0n) is 9.55. The fraction of sp³-hybridized carbons (Fsp3) is 0.167. The van der Waals surface area contributed by atoms with E-state index in [9.17, 15) is 9.18 Å². The number of esters is 1. The van der Waals surface area contributed by atoms with E-state index in [0.717, 1.165) is 0 Å². The van der Waals surface area contributed by atoms with E-state index >= 15 is 0 Å². The third kappa shape index (κ3) is 2.65. The molecular weight excluding hydrogens is 241 g/mol. The third-order valence-electron chi connectivity index (χ3n) is 2.21. The fourth-order valence-corrected chi connectivity index (χ4v) is 1.29. The van der Waals surface area contributed by atoms with Gasteiger partial charge in [0.25, 0.3) is 5.88 Å². The van der Waals surface area contributed by atoms with Gasteiger partial charge < -0.3 is 14.0 Å². The lowest BCUT2D eigenvalue weighted by Crippen LogP contribution is -1.99. The number of nitrogens with zero attached hydrogens (tertiary/aromatic N) is 1. The summed E-state index contributed by atoms with van der Waals surface area (Å²) >= 11 is 0. The van der Waals surface area contributed by atoms with E-state index in [1.807, 2.05) is 0 Å². The van der Waals surface area contributed by atoms with Crippen molar-refractivity contribution in [3.05, 3.63) is 47.5 Å². The van der Waals surface area contributed by atoms with Crippen molar-refractivity contribution in [1.82, 2.24) is 5.16 Å². The monoisotopic (exact) mass is 251 g/mol. The summed E-state index contributed by atoms with van der Waals surface area (Å²) < 4.78 is 27.6. The van der Waals surface area contributed by atoms with Crippen LogP contribution in [-0.2, 0) is 11.3 Å². The SMILES string of the molecule is COC(=O)c1cc(OCc2ccccc2F)no1. The maximum Gasteiger partial charge on any atom is 0.377 e. The molecule has 0 spiro atoms. The van der Waals surface area contributed by atoms with Crippen LogP contribution in [0, 0.1) is 5.82 Å². The first-order valence-corrected chi connectivity index (χ1v) is 5.12. The molecule has 0 N–H and O–H groups in total. The maximum absolute atomic E-state index is 13.3. The molecule has 0 aliphatic carbocycles. The van der Waals surface area contributed by atoms with Crippen molar-refractivity contribution in [3.8, 4) is 5.88 Å². The van der Waals surface area contributed by atoms with Crippen molar-refractivity contribution in [1.29, 1.82) is 0 Å². The van der Waals surface area contributed by atoms with Gasteiger partial charge in [-0.25, -0.2) is 9.18 Å². The number of ether oxygens (including phenoxy) is 2. The molecule has 0 saturated carbocycles. The van der Waals surface area contributed by atoms with Crippen molar-refractivity contribution in [2.45, 2.75) is 6.61 Å². The molecule has 0 amide bonds. The highest BCUT2D eigenvalue weighted by atomic mass is 19.1. The molecule has 0 saturated heterocycles. The Labute approximate surface area is 102 Å². The topological polar surface area (TPSA) is 61.6 Å². The normalized spacial score (nSPS) is 10.1. The zero-order valence-corrected chi connectivity index (χ0v) is 9.55. The van der Waals surface area contributed by atoms with Gasteiger partial charge in [-0.05, 0) is 11.2 Å². The smallest absolute Gasteiger partial charge is 0.377 e. The summed E-state index contributed by atoms with van der Waals surface area (Å²) in [4.78, 5) is 11.1. The van der Waals surface area contributed by atoms with Crippen molar-refractivity contribution >= 4 is 5.97 Å². The predicted molar refractivity (Wildman–Crippen MR) is 58.6 cm³/mol. The zero-order chi connectivity index (χ0) is 13.0. The van der Waals surface area contributed by atoms with E-state index in [2.05, 4.69) is 9.89 Å². The van der Waals surface area contributed by atoms with Gasteiger partial charge in [-0.2, -0.15) is 0 Å². The van der Waals surface area contributed by atoms with Crippen molar-refractivity contribution < 1.29 is 23.2 Å². The van der Waals surface area contributed by atoms with Crippen LogP contribution in [0.2, 0.25) is 0 Å². The predicted octanol–water partition coefficient (Wildman–Crippen LogP) is 2.18. The highest BCUT2D eigenvalue weighted by molar-refractivity contribution is 5.86. The minimum atomic E-state index is -0.650. The summed E-state index contributed by atoms with van der Waals surface area (Å²) in [6.45, 7) is -0.000179. The van der Waals surface area contributed by atoms with Crippen LogP contribution < -0.4 is 4.74 Å². The highest BCUT2D eigenvalue weighted by Gasteiger charge is 2.14. The first-order valence-electron chi connectivity index (χ1n) is 5.12. The molecule has 0 aliphatic heterocycles. The highest BCUT2D eigenvalue weighted by Crippen LogP contribution is 2.15. The molecule has 18 heavy (non-hydrogen) atoms. The molecule has 1 heterocycles. The van der Waals surface area contributed by atoms with Crippen LogP contribution in [0.25, 0.3) is 0 Å². The number of hydrogen-bond acceptors (Lipinski definition) is 5. The number of halogens is 1. The van der Waals surface area contributed by atoms with E-state index in [1.165, 1.54) is 19.2 Å². The molecule has 6 heteroatoms. The first kappa shape index (κ1) is 12.1. The molecular formula is C12H10FNO4. The summed E-state index contributed by atoms with van der Waals surface area (Å²) in [5.41, 5.74) is 0.389. The Bertz CT molecular complexity index is 553. The Morgan fingerprint density at radius 2 is 2.22 bits per heavy atom. The van der Waals surface area contributed by atoms with Gasteiger partial charge in [0.05, 0.1) is 13.2 Å². The number of aromatic nitrogens is 1. The Morgan fingerprint density at radius 1 is 1.44 bits per heavy atom. The second kappa shape index (κ2) is 5.31. The van der Waals surface area contributed by atoms with Gasteiger partial charge in [0, 0.05) is 5.56 Å². The number of carbonyl (C=O) groups is 1. The lowest BCUT2D eigenvalue weighted by Gasteiger charge is -2.02. The molecule has 0 atom stereocenters. The second-order valence-electron chi connectivity index (χ2n) is 3.40. The van der Waals surface area contributed by atoms with Crippen LogP contribution in [0.3, 0.4) is 0 Å². The maximum atomic E-state index is 13.3. The summed E-state index contributed by atoms with van der Waals surface area (Å²) in [6.07, 6.45) is 0. The standard InChI is InChI=1S/C12H10FNO4/c1-16-12(15)10-6-11(14-18-10)17-7-8-4-2-3-5-9(8)13/h2-6H,7H2,1H3. The number of methoxy groups -OCH3 is 1. The first-order chi connectivity index (χ1) is 8.70. The molecule has 2 aromatic rings. The number of hydrogen-bond donors (Lipinski definition) is 0. The second-order valence-corrected chi connectivity index (χ2v) is 3.40. The molecule has 0 fully saturated rings. The number of rotatable bonds is 4. The Morgan fingerprint density at radius 3 is 2.94 bits per heavy atom. The minimum Gasteiger partial charge on any atom is -0.471 e. The van der Waals surface area contributed by atoms with E-state index in [4.69, 9.17) is 9.26 Å². The van der Waals surface area contributed by atoms with Crippen LogP contribution in [0.1, 0.15) is 16.1 Å². The van der Waals surface area contributed by atoms with Gasteiger partial charge in [-0.1, -0.05) is 18.2 Å².